The second-order valence-electron chi connectivity index (χ2n) is 8.89. The first-order chi connectivity index (χ1) is 15.9. The molecule has 2 heterocycles. The maximum Gasteiger partial charge on any atom is 0.251 e. The maximum atomic E-state index is 13.8. The van der Waals surface area contributed by atoms with E-state index < -0.39 is 11.6 Å². The molecule has 5 rings (SSSR count). The van der Waals surface area contributed by atoms with E-state index in [1.807, 2.05) is 29.9 Å². The van der Waals surface area contributed by atoms with Gasteiger partial charge in [-0.2, -0.15) is 5.10 Å². The smallest absolute Gasteiger partial charge is 0.251 e. The highest BCUT2D eigenvalue weighted by Gasteiger charge is 2.31. The fraction of sp³-hybridized carbons (Fsp3) is 0.360. The molecule has 0 radical (unpaired) electrons. The SMILES string of the molecule is Cl.Cn1ncc(Br)c1-c1ccc(C(=O)N[C@@H]2CNCC[C@H]2c2ccc(F)c(F)c2)cc1C1CC1. The van der Waals surface area contributed by atoms with Crippen molar-refractivity contribution in [1.29, 1.82) is 0 Å². The molecule has 3 aromatic rings. The van der Waals surface area contributed by atoms with Crippen LogP contribution in [0.2, 0.25) is 0 Å². The number of nitrogens with zero attached hydrogens (tertiary/aromatic N) is 2. The molecule has 34 heavy (non-hydrogen) atoms. The molecule has 0 unspecified atom stereocenters. The Morgan fingerprint density at radius 1 is 1.15 bits per heavy atom. The van der Waals surface area contributed by atoms with E-state index >= 15 is 0 Å². The number of carbonyl (C=O) groups excluding carboxylic acids is 1. The number of amides is 1. The Balaban J connectivity index is 0.00000274. The molecule has 180 valence electrons. The minimum Gasteiger partial charge on any atom is -0.347 e. The first-order valence-electron chi connectivity index (χ1n) is 11.2. The summed E-state index contributed by atoms with van der Waals surface area (Å²) in [4.78, 5) is 13.2. The van der Waals surface area contributed by atoms with Crippen LogP contribution in [-0.4, -0.2) is 34.8 Å². The highest BCUT2D eigenvalue weighted by atomic mass is 79.9. The lowest BCUT2D eigenvalue weighted by atomic mass is 9.85. The van der Waals surface area contributed by atoms with Gasteiger partial charge in [0.25, 0.3) is 5.91 Å². The standard InChI is InChI=1S/C25H25BrF2N4O.ClH/c1-32-24(20(26)12-30-32)18-6-4-16(10-19(18)14-2-3-14)25(33)31-23-13-29-9-8-17(23)15-5-7-21(27)22(28)11-15;/h4-7,10-12,14,17,23,29H,2-3,8-9,13H2,1H3,(H,31,33);1H/t17-,23+;/m0./s1. The van der Waals surface area contributed by atoms with Crippen molar-refractivity contribution in [2.75, 3.05) is 13.1 Å². The Morgan fingerprint density at radius 3 is 2.62 bits per heavy atom. The fourth-order valence-corrected chi connectivity index (χ4v) is 5.33. The Kier molecular flexibility index (Phi) is 7.40. The van der Waals surface area contributed by atoms with Crippen LogP contribution in [0.15, 0.2) is 47.1 Å². The summed E-state index contributed by atoms with van der Waals surface area (Å²) in [5, 5.41) is 10.8. The van der Waals surface area contributed by atoms with Crippen molar-refractivity contribution in [3.63, 3.8) is 0 Å². The van der Waals surface area contributed by atoms with Gasteiger partial charge in [-0.3, -0.25) is 9.48 Å². The van der Waals surface area contributed by atoms with E-state index in [9.17, 15) is 13.6 Å². The Morgan fingerprint density at radius 2 is 1.94 bits per heavy atom. The topological polar surface area (TPSA) is 59.0 Å². The van der Waals surface area contributed by atoms with Gasteiger partial charge in [0.15, 0.2) is 11.6 Å². The number of aryl methyl sites for hydroxylation is 1. The van der Waals surface area contributed by atoms with Gasteiger partial charge in [0.05, 0.1) is 16.4 Å². The van der Waals surface area contributed by atoms with Crippen molar-refractivity contribution in [1.82, 2.24) is 20.4 Å². The molecule has 1 aromatic heterocycles. The van der Waals surface area contributed by atoms with Crippen LogP contribution in [0.4, 0.5) is 8.78 Å². The molecular formula is C25H26BrClF2N4O. The molecule has 1 amide bonds. The van der Waals surface area contributed by atoms with Crippen LogP contribution in [0.1, 0.15) is 52.6 Å². The number of carbonyl (C=O) groups is 1. The predicted octanol–water partition coefficient (Wildman–Crippen LogP) is 5.30. The van der Waals surface area contributed by atoms with Crippen molar-refractivity contribution < 1.29 is 13.6 Å². The largest absolute Gasteiger partial charge is 0.347 e. The number of nitrogens with one attached hydrogen (secondary N) is 2. The molecule has 1 saturated heterocycles. The highest BCUT2D eigenvalue weighted by molar-refractivity contribution is 9.10. The molecule has 1 saturated carbocycles. The molecule has 2 fully saturated rings. The Bertz CT molecular complexity index is 1190. The molecule has 0 spiro atoms. The summed E-state index contributed by atoms with van der Waals surface area (Å²) in [6.07, 6.45) is 4.73. The average Bonchev–Trinajstić information content (AvgIpc) is 3.60. The number of halogens is 4. The number of piperidine rings is 1. The van der Waals surface area contributed by atoms with E-state index in [1.54, 1.807) is 12.3 Å². The van der Waals surface area contributed by atoms with Gasteiger partial charge in [-0.15, -0.1) is 12.4 Å². The summed E-state index contributed by atoms with van der Waals surface area (Å²) < 4.78 is 30.0. The van der Waals surface area contributed by atoms with Crippen LogP contribution in [0.3, 0.4) is 0 Å². The van der Waals surface area contributed by atoms with Crippen LogP contribution < -0.4 is 10.6 Å². The third kappa shape index (κ3) is 4.90. The molecular weight excluding hydrogens is 526 g/mol. The monoisotopic (exact) mass is 550 g/mol. The van der Waals surface area contributed by atoms with E-state index in [0.717, 1.165) is 53.2 Å². The third-order valence-electron chi connectivity index (χ3n) is 6.65. The number of hydrogen-bond donors (Lipinski definition) is 2. The van der Waals surface area contributed by atoms with Crippen LogP contribution in [-0.2, 0) is 7.05 Å². The van der Waals surface area contributed by atoms with Gasteiger partial charge in [-0.05, 0) is 83.0 Å². The van der Waals surface area contributed by atoms with Gasteiger partial charge in [-0.25, -0.2) is 8.78 Å². The van der Waals surface area contributed by atoms with Crippen LogP contribution in [0.5, 0.6) is 0 Å². The van der Waals surface area contributed by atoms with Gasteiger partial charge in [0.2, 0.25) is 0 Å². The minimum absolute atomic E-state index is 0. The molecule has 2 N–H and O–H groups in total. The third-order valence-corrected chi connectivity index (χ3v) is 7.23. The van der Waals surface area contributed by atoms with Crippen molar-refractivity contribution in [2.45, 2.75) is 37.1 Å². The van der Waals surface area contributed by atoms with E-state index in [1.165, 1.54) is 6.07 Å². The number of hydrogen-bond acceptors (Lipinski definition) is 3. The molecule has 1 aliphatic heterocycles. The average molecular weight is 552 g/mol. The number of rotatable bonds is 5. The zero-order valence-corrected chi connectivity index (χ0v) is 21.1. The van der Waals surface area contributed by atoms with E-state index in [0.29, 0.717) is 23.6 Å². The predicted molar refractivity (Wildman–Crippen MR) is 133 cm³/mol. The van der Waals surface area contributed by atoms with Gasteiger partial charge in [0.1, 0.15) is 0 Å². The van der Waals surface area contributed by atoms with E-state index in [-0.39, 0.29) is 30.3 Å². The summed E-state index contributed by atoms with van der Waals surface area (Å²) in [6.45, 7) is 1.33. The number of aromatic nitrogens is 2. The van der Waals surface area contributed by atoms with E-state index in [4.69, 9.17) is 0 Å². The molecule has 1 aliphatic carbocycles. The van der Waals surface area contributed by atoms with Gasteiger partial charge < -0.3 is 10.6 Å². The summed E-state index contributed by atoms with van der Waals surface area (Å²) in [5.41, 5.74) is 4.55. The van der Waals surface area contributed by atoms with Gasteiger partial charge >= 0.3 is 0 Å². The Labute approximate surface area is 211 Å². The normalized spacial score (nSPS) is 20.0. The molecule has 2 aromatic carbocycles. The molecule has 9 heteroatoms. The van der Waals surface area contributed by atoms with E-state index in [2.05, 4.69) is 31.7 Å². The summed E-state index contributed by atoms with van der Waals surface area (Å²) in [6, 6.07) is 9.63. The van der Waals surface area contributed by atoms with Crippen molar-refractivity contribution in [3.8, 4) is 11.3 Å². The summed E-state index contributed by atoms with van der Waals surface area (Å²) in [5.74, 6) is -1.52. The lowest BCUT2D eigenvalue weighted by molar-refractivity contribution is 0.0924. The van der Waals surface area contributed by atoms with Crippen LogP contribution >= 0.6 is 28.3 Å². The summed E-state index contributed by atoms with van der Waals surface area (Å²) >= 11 is 3.59. The minimum atomic E-state index is -0.860. The highest BCUT2D eigenvalue weighted by Crippen LogP contribution is 2.45. The molecule has 0 bridgehead atoms. The Hall–Kier alpha value is -2.29. The first kappa shape index (κ1) is 24.8. The lowest BCUT2D eigenvalue weighted by Gasteiger charge is -2.33. The van der Waals surface area contributed by atoms with Crippen LogP contribution in [0, 0.1) is 11.6 Å². The van der Waals surface area contributed by atoms with Crippen molar-refractivity contribution in [3.05, 3.63) is 75.4 Å². The maximum absolute atomic E-state index is 13.8. The second-order valence-corrected chi connectivity index (χ2v) is 9.75. The van der Waals surface area contributed by atoms with Gasteiger partial charge in [0, 0.05) is 36.7 Å². The molecule has 2 aliphatic rings. The quantitative estimate of drug-likeness (QED) is 0.452. The lowest BCUT2D eigenvalue weighted by Crippen LogP contribution is -2.50. The van der Waals surface area contributed by atoms with Gasteiger partial charge in [-0.1, -0.05) is 12.1 Å². The number of benzene rings is 2. The summed E-state index contributed by atoms with van der Waals surface area (Å²) in [7, 11) is 1.91. The van der Waals surface area contributed by atoms with Crippen molar-refractivity contribution >= 4 is 34.2 Å². The second kappa shape index (κ2) is 10.1. The molecule has 5 nitrogen and oxygen atoms in total. The first-order valence-corrected chi connectivity index (χ1v) is 12.0. The van der Waals surface area contributed by atoms with Crippen LogP contribution in [0.25, 0.3) is 11.3 Å². The fourth-order valence-electron chi connectivity index (χ4n) is 4.77. The van der Waals surface area contributed by atoms with Crippen molar-refractivity contribution in [2.24, 2.45) is 7.05 Å². The zero-order chi connectivity index (χ0) is 23.1. The molecule has 2 atom stereocenters. The zero-order valence-electron chi connectivity index (χ0n) is 18.7.